The topological polar surface area (TPSA) is 84.6 Å². The van der Waals surface area contributed by atoms with E-state index in [9.17, 15) is 4.79 Å². The molecule has 0 aromatic carbocycles. The standard InChI is InChI=1S/C10H22N2O3/c1-10(2,3)15-9(14)12-6-4-5-8(11)7-13/h8,13H,4-7,11H2,1-3H3,(H,12,14). The Bertz CT molecular complexity index is 190. The van der Waals surface area contributed by atoms with Crippen molar-refractivity contribution < 1.29 is 14.6 Å². The number of carbonyl (C=O) groups excluding carboxylic acids is 1. The largest absolute Gasteiger partial charge is 0.444 e. The zero-order valence-electron chi connectivity index (χ0n) is 9.75. The molecule has 0 bridgehead atoms. The second-order valence-electron chi connectivity index (χ2n) is 4.51. The van der Waals surface area contributed by atoms with Gasteiger partial charge in [0.15, 0.2) is 0 Å². The predicted octanol–water partition coefficient (Wildman–Crippen LogP) is 0.611. The maximum atomic E-state index is 11.2. The van der Waals surface area contributed by atoms with Crippen molar-refractivity contribution in [1.82, 2.24) is 5.32 Å². The molecule has 0 heterocycles. The van der Waals surface area contributed by atoms with Crippen LogP contribution < -0.4 is 11.1 Å². The van der Waals surface area contributed by atoms with Gasteiger partial charge >= 0.3 is 6.09 Å². The zero-order chi connectivity index (χ0) is 11.9. The van der Waals surface area contributed by atoms with Gasteiger partial charge in [-0.05, 0) is 33.6 Å². The molecule has 1 amide bonds. The molecule has 0 aromatic rings. The molecule has 90 valence electrons. The van der Waals surface area contributed by atoms with Crippen molar-refractivity contribution in [2.75, 3.05) is 13.2 Å². The molecule has 5 heteroatoms. The number of rotatable bonds is 5. The number of alkyl carbamates (subject to hydrolysis) is 1. The van der Waals surface area contributed by atoms with Crippen molar-refractivity contribution >= 4 is 6.09 Å². The first-order valence-electron chi connectivity index (χ1n) is 5.18. The molecule has 0 fully saturated rings. The van der Waals surface area contributed by atoms with Crippen LogP contribution in [-0.4, -0.2) is 36.0 Å². The average Bonchev–Trinajstić information content (AvgIpc) is 2.09. The zero-order valence-corrected chi connectivity index (χ0v) is 9.75. The third-order valence-electron chi connectivity index (χ3n) is 1.65. The van der Waals surface area contributed by atoms with E-state index in [-0.39, 0.29) is 12.6 Å². The van der Waals surface area contributed by atoms with Crippen molar-refractivity contribution in [3.8, 4) is 0 Å². The Morgan fingerprint density at radius 2 is 2.13 bits per heavy atom. The Hall–Kier alpha value is -0.810. The number of nitrogens with one attached hydrogen (secondary N) is 1. The minimum absolute atomic E-state index is 0.0214. The lowest BCUT2D eigenvalue weighted by Gasteiger charge is -2.19. The van der Waals surface area contributed by atoms with Gasteiger partial charge in [0.25, 0.3) is 0 Å². The molecule has 1 unspecified atom stereocenters. The van der Waals surface area contributed by atoms with Crippen LogP contribution in [0.3, 0.4) is 0 Å². The molecule has 0 spiro atoms. The van der Waals surface area contributed by atoms with E-state index in [1.165, 1.54) is 0 Å². The highest BCUT2D eigenvalue weighted by Crippen LogP contribution is 2.06. The SMILES string of the molecule is CC(C)(C)OC(=O)NCCCC(N)CO. The summed E-state index contributed by atoms with van der Waals surface area (Å²) in [4.78, 5) is 11.2. The van der Waals surface area contributed by atoms with E-state index in [1.807, 2.05) is 20.8 Å². The Morgan fingerprint density at radius 1 is 1.53 bits per heavy atom. The summed E-state index contributed by atoms with van der Waals surface area (Å²) in [7, 11) is 0. The first kappa shape index (κ1) is 14.2. The Kier molecular flexibility index (Phi) is 6.27. The van der Waals surface area contributed by atoms with Gasteiger partial charge < -0.3 is 20.9 Å². The average molecular weight is 218 g/mol. The lowest BCUT2D eigenvalue weighted by Crippen LogP contribution is -2.33. The summed E-state index contributed by atoms with van der Waals surface area (Å²) in [6.07, 6.45) is 1.01. The smallest absolute Gasteiger partial charge is 0.407 e. The molecule has 0 aliphatic rings. The molecule has 0 aromatic heterocycles. The molecule has 0 aliphatic carbocycles. The highest BCUT2D eigenvalue weighted by molar-refractivity contribution is 5.67. The monoisotopic (exact) mass is 218 g/mol. The van der Waals surface area contributed by atoms with Crippen LogP contribution in [0.15, 0.2) is 0 Å². The fourth-order valence-corrected chi connectivity index (χ4v) is 0.960. The lowest BCUT2D eigenvalue weighted by atomic mass is 10.2. The van der Waals surface area contributed by atoms with Gasteiger partial charge in [-0.25, -0.2) is 4.79 Å². The molecule has 15 heavy (non-hydrogen) atoms. The van der Waals surface area contributed by atoms with E-state index in [2.05, 4.69) is 5.32 Å². The van der Waals surface area contributed by atoms with Crippen LogP contribution in [0.2, 0.25) is 0 Å². The summed E-state index contributed by atoms with van der Waals surface area (Å²) in [5.74, 6) is 0. The number of carbonyl (C=O) groups is 1. The fourth-order valence-electron chi connectivity index (χ4n) is 0.960. The van der Waals surface area contributed by atoms with E-state index in [0.29, 0.717) is 13.0 Å². The summed E-state index contributed by atoms with van der Waals surface area (Å²) in [6.45, 7) is 5.94. The van der Waals surface area contributed by atoms with Crippen molar-refractivity contribution in [3.63, 3.8) is 0 Å². The molecular formula is C10H22N2O3. The molecule has 1 atom stereocenters. The Balaban J connectivity index is 3.48. The quantitative estimate of drug-likeness (QED) is 0.590. The third-order valence-corrected chi connectivity index (χ3v) is 1.65. The first-order chi connectivity index (χ1) is 6.85. The number of hydrogen-bond donors (Lipinski definition) is 3. The minimum Gasteiger partial charge on any atom is -0.444 e. The molecule has 0 radical (unpaired) electrons. The highest BCUT2D eigenvalue weighted by Gasteiger charge is 2.15. The molecular weight excluding hydrogens is 196 g/mol. The molecule has 5 nitrogen and oxygen atoms in total. The van der Waals surface area contributed by atoms with Crippen molar-refractivity contribution in [2.24, 2.45) is 5.73 Å². The van der Waals surface area contributed by atoms with Gasteiger partial charge in [-0.1, -0.05) is 0 Å². The number of amides is 1. The van der Waals surface area contributed by atoms with Gasteiger partial charge in [-0.2, -0.15) is 0 Å². The van der Waals surface area contributed by atoms with Crippen LogP contribution in [0.4, 0.5) is 4.79 Å². The molecule has 4 N–H and O–H groups in total. The first-order valence-corrected chi connectivity index (χ1v) is 5.18. The van der Waals surface area contributed by atoms with Crippen LogP contribution >= 0.6 is 0 Å². The maximum Gasteiger partial charge on any atom is 0.407 e. The van der Waals surface area contributed by atoms with E-state index in [1.54, 1.807) is 0 Å². The number of aliphatic hydroxyl groups is 1. The number of aliphatic hydroxyl groups excluding tert-OH is 1. The van der Waals surface area contributed by atoms with Crippen LogP contribution in [0.5, 0.6) is 0 Å². The molecule has 0 saturated heterocycles. The van der Waals surface area contributed by atoms with Gasteiger partial charge in [0.2, 0.25) is 0 Å². The minimum atomic E-state index is -0.467. The number of ether oxygens (including phenoxy) is 1. The normalized spacial score (nSPS) is 13.4. The molecule has 0 aliphatic heterocycles. The van der Waals surface area contributed by atoms with Gasteiger partial charge in [-0.15, -0.1) is 0 Å². The summed E-state index contributed by atoms with van der Waals surface area (Å²) in [6, 6.07) is -0.203. The van der Waals surface area contributed by atoms with Gasteiger partial charge in [-0.3, -0.25) is 0 Å². The van der Waals surface area contributed by atoms with Crippen molar-refractivity contribution in [3.05, 3.63) is 0 Å². The van der Waals surface area contributed by atoms with E-state index >= 15 is 0 Å². The van der Waals surface area contributed by atoms with E-state index in [0.717, 1.165) is 6.42 Å². The Labute approximate surface area is 91.0 Å². The van der Waals surface area contributed by atoms with Gasteiger partial charge in [0, 0.05) is 12.6 Å². The van der Waals surface area contributed by atoms with Gasteiger partial charge in [0.1, 0.15) is 5.60 Å². The second-order valence-corrected chi connectivity index (χ2v) is 4.51. The summed E-state index contributed by atoms with van der Waals surface area (Å²) in [5.41, 5.74) is 5.03. The number of nitrogens with two attached hydrogens (primary N) is 1. The van der Waals surface area contributed by atoms with Gasteiger partial charge in [0.05, 0.1) is 6.61 Å². The fraction of sp³-hybridized carbons (Fsp3) is 0.900. The highest BCUT2D eigenvalue weighted by atomic mass is 16.6. The lowest BCUT2D eigenvalue weighted by molar-refractivity contribution is 0.0526. The summed E-state index contributed by atoms with van der Waals surface area (Å²) in [5, 5.41) is 11.3. The van der Waals surface area contributed by atoms with E-state index in [4.69, 9.17) is 15.6 Å². The maximum absolute atomic E-state index is 11.2. The van der Waals surface area contributed by atoms with Crippen LogP contribution in [0.1, 0.15) is 33.6 Å². The Morgan fingerprint density at radius 3 is 2.60 bits per heavy atom. The third kappa shape index (κ3) is 9.49. The van der Waals surface area contributed by atoms with Crippen LogP contribution in [-0.2, 0) is 4.74 Å². The van der Waals surface area contributed by atoms with Crippen LogP contribution in [0.25, 0.3) is 0 Å². The van der Waals surface area contributed by atoms with Crippen LogP contribution in [0, 0.1) is 0 Å². The molecule has 0 rings (SSSR count). The number of hydrogen-bond acceptors (Lipinski definition) is 4. The second kappa shape index (κ2) is 6.63. The molecule has 0 saturated carbocycles. The van der Waals surface area contributed by atoms with Crippen molar-refractivity contribution in [1.29, 1.82) is 0 Å². The van der Waals surface area contributed by atoms with E-state index < -0.39 is 11.7 Å². The van der Waals surface area contributed by atoms with Crippen molar-refractivity contribution in [2.45, 2.75) is 45.3 Å². The summed E-state index contributed by atoms with van der Waals surface area (Å²) >= 11 is 0. The predicted molar refractivity (Wildman–Crippen MR) is 58.5 cm³/mol. The summed E-state index contributed by atoms with van der Waals surface area (Å²) < 4.78 is 5.04.